The molecular formula is C18H18N2O4S3. The van der Waals surface area contributed by atoms with Crippen molar-refractivity contribution < 1.29 is 16.8 Å². The van der Waals surface area contributed by atoms with Crippen LogP contribution in [0.3, 0.4) is 0 Å². The van der Waals surface area contributed by atoms with Crippen LogP contribution < -0.4 is 4.72 Å². The van der Waals surface area contributed by atoms with E-state index >= 15 is 0 Å². The molecule has 1 N–H and O–H groups in total. The van der Waals surface area contributed by atoms with Crippen molar-refractivity contribution in [1.29, 1.82) is 0 Å². The molecule has 9 heteroatoms. The first-order valence-corrected chi connectivity index (χ1v) is 11.9. The summed E-state index contributed by atoms with van der Waals surface area (Å²) >= 11 is 1.13. The fourth-order valence-corrected chi connectivity index (χ4v) is 6.71. The Bertz CT molecular complexity index is 1110. The van der Waals surface area contributed by atoms with Gasteiger partial charge < -0.3 is 0 Å². The predicted molar refractivity (Wildman–Crippen MR) is 105 cm³/mol. The lowest BCUT2D eigenvalue weighted by atomic mass is 10.2. The zero-order valence-corrected chi connectivity index (χ0v) is 16.9. The van der Waals surface area contributed by atoms with Gasteiger partial charge in [0.15, 0.2) is 9.84 Å². The Morgan fingerprint density at radius 1 is 1.00 bits per heavy atom. The van der Waals surface area contributed by atoms with Gasteiger partial charge in [-0.05, 0) is 42.8 Å². The summed E-state index contributed by atoms with van der Waals surface area (Å²) in [6.07, 6.45) is 2.98. The Morgan fingerprint density at radius 3 is 2.33 bits per heavy atom. The molecule has 0 saturated heterocycles. The van der Waals surface area contributed by atoms with E-state index in [2.05, 4.69) is 9.71 Å². The molecule has 0 radical (unpaired) electrons. The van der Waals surface area contributed by atoms with Crippen molar-refractivity contribution in [3.05, 3.63) is 77.4 Å². The Hall–Kier alpha value is -2.07. The van der Waals surface area contributed by atoms with Gasteiger partial charge in [0.05, 0.1) is 4.90 Å². The van der Waals surface area contributed by atoms with Crippen LogP contribution in [0.4, 0.5) is 0 Å². The third-order valence-corrected chi connectivity index (χ3v) is 8.98. The Morgan fingerprint density at radius 2 is 1.74 bits per heavy atom. The van der Waals surface area contributed by atoms with E-state index in [-0.39, 0.29) is 15.6 Å². The van der Waals surface area contributed by atoms with Crippen LogP contribution in [0.2, 0.25) is 0 Å². The standard InChI is InChI=1S/C18H18N2O4S3/c1-14-9-10-18(25-14)27(23,24)20-13-17(15-6-5-11-19-12-15)26(21,22)16-7-3-2-4-8-16/h2-12,17,20H,13H2,1H3/t17-/m1/s1. The molecule has 2 aromatic heterocycles. The quantitative estimate of drug-likeness (QED) is 0.632. The molecule has 1 aromatic carbocycles. The first-order chi connectivity index (χ1) is 12.8. The van der Waals surface area contributed by atoms with Crippen molar-refractivity contribution in [3.8, 4) is 0 Å². The van der Waals surface area contributed by atoms with Crippen LogP contribution >= 0.6 is 11.3 Å². The van der Waals surface area contributed by atoms with Crippen LogP contribution in [0.15, 0.2) is 76.1 Å². The van der Waals surface area contributed by atoms with E-state index in [1.54, 1.807) is 36.4 Å². The topological polar surface area (TPSA) is 93.2 Å². The summed E-state index contributed by atoms with van der Waals surface area (Å²) in [5.41, 5.74) is 0.423. The number of sulfone groups is 1. The lowest BCUT2D eigenvalue weighted by molar-refractivity contribution is 0.569. The molecule has 142 valence electrons. The zero-order chi connectivity index (χ0) is 19.5. The molecule has 0 bridgehead atoms. The largest absolute Gasteiger partial charge is 0.264 e. The minimum absolute atomic E-state index is 0.130. The molecule has 0 unspecified atom stereocenters. The Labute approximate surface area is 162 Å². The SMILES string of the molecule is Cc1ccc(S(=O)(=O)NC[C@H](c2cccnc2)S(=O)(=O)c2ccccc2)s1. The van der Waals surface area contributed by atoms with Crippen LogP contribution in [-0.2, 0) is 19.9 Å². The molecule has 0 aliphatic rings. The summed E-state index contributed by atoms with van der Waals surface area (Å²) in [6.45, 7) is 1.52. The number of aromatic nitrogens is 1. The van der Waals surface area contributed by atoms with Gasteiger partial charge in [0.2, 0.25) is 10.0 Å². The van der Waals surface area contributed by atoms with E-state index in [1.165, 1.54) is 30.6 Å². The average molecular weight is 423 g/mol. The first-order valence-electron chi connectivity index (χ1n) is 8.06. The van der Waals surface area contributed by atoms with E-state index < -0.39 is 25.1 Å². The maximum absolute atomic E-state index is 13.1. The smallest absolute Gasteiger partial charge is 0.250 e. The fraction of sp³-hybridized carbons (Fsp3) is 0.167. The summed E-state index contributed by atoms with van der Waals surface area (Å²) in [4.78, 5) is 4.97. The number of pyridine rings is 1. The number of aryl methyl sites for hydroxylation is 1. The van der Waals surface area contributed by atoms with Gasteiger partial charge in [0.1, 0.15) is 9.46 Å². The normalized spacial score (nSPS) is 13.4. The molecule has 6 nitrogen and oxygen atoms in total. The maximum Gasteiger partial charge on any atom is 0.250 e. The number of thiophene rings is 1. The summed E-state index contributed by atoms with van der Waals surface area (Å²) in [6, 6.07) is 14.4. The van der Waals surface area contributed by atoms with E-state index in [0.29, 0.717) is 5.56 Å². The molecule has 0 aliphatic heterocycles. The van der Waals surface area contributed by atoms with E-state index in [1.807, 2.05) is 6.92 Å². The molecule has 3 rings (SSSR count). The van der Waals surface area contributed by atoms with Crippen LogP contribution in [0.1, 0.15) is 15.7 Å². The van der Waals surface area contributed by atoms with Crippen LogP contribution in [-0.4, -0.2) is 28.4 Å². The summed E-state index contributed by atoms with van der Waals surface area (Å²) < 4.78 is 53.9. The van der Waals surface area contributed by atoms with Gasteiger partial charge in [-0.1, -0.05) is 24.3 Å². The van der Waals surface area contributed by atoms with Gasteiger partial charge >= 0.3 is 0 Å². The minimum Gasteiger partial charge on any atom is -0.264 e. The lowest BCUT2D eigenvalue weighted by Crippen LogP contribution is -2.31. The molecule has 3 aromatic rings. The molecule has 27 heavy (non-hydrogen) atoms. The Kier molecular flexibility index (Phi) is 5.75. The van der Waals surface area contributed by atoms with Crippen LogP contribution in [0.5, 0.6) is 0 Å². The second-order valence-corrected chi connectivity index (χ2v) is 11.3. The molecule has 0 amide bonds. The van der Waals surface area contributed by atoms with Crippen molar-refractivity contribution in [2.45, 2.75) is 21.3 Å². The summed E-state index contributed by atoms with van der Waals surface area (Å²) in [5, 5.41) is -1.09. The van der Waals surface area contributed by atoms with Gasteiger partial charge in [-0.2, -0.15) is 0 Å². The number of nitrogens with one attached hydrogen (secondary N) is 1. The number of hydrogen-bond acceptors (Lipinski definition) is 6. The van der Waals surface area contributed by atoms with Crippen LogP contribution in [0, 0.1) is 6.92 Å². The van der Waals surface area contributed by atoms with Gasteiger partial charge in [-0.25, -0.2) is 21.6 Å². The third-order valence-electron chi connectivity index (χ3n) is 3.94. The van der Waals surface area contributed by atoms with Gasteiger partial charge in [-0.3, -0.25) is 4.98 Å². The molecule has 0 fully saturated rings. The number of hydrogen-bond donors (Lipinski definition) is 1. The number of sulfonamides is 1. The summed E-state index contributed by atoms with van der Waals surface area (Å²) in [5.74, 6) is 0. The molecule has 0 saturated carbocycles. The van der Waals surface area contributed by atoms with Gasteiger partial charge in [0, 0.05) is 23.8 Å². The lowest BCUT2D eigenvalue weighted by Gasteiger charge is -2.18. The van der Waals surface area contributed by atoms with Crippen LogP contribution in [0.25, 0.3) is 0 Å². The highest BCUT2D eigenvalue weighted by Crippen LogP contribution is 2.29. The highest BCUT2D eigenvalue weighted by Gasteiger charge is 2.31. The van der Waals surface area contributed by atoms with Gasteiger partial charge in [0.25, 0.3) is 0 Å². The van der Waals surface area contributed by atoms with Crippen molar-refractivity contribution in [3.63, 3.8) is 0 Å². The monoisotopic (exact) mass is 422 g/mol. The molecule has 2 heterocycles. The second-order valence-electron chi connectivity index (χ2n) is 5.85. The molecule has 1 atom stereocenters. The average Bonchev–Trinajstić information content (AvgIpc) is 3.11. The first kappa shape index (κ1) is 19.7. The second kappa shape index (κ2) is 7.89. The van der Waals surface area contributed by atoms with Crippen molar-refractivity contribution in [2.75, 3.05) is 6.54 Å². The number of benzene rings is 1. The van der Waals surface area contributed by atoms with Crippen molar-refractivity contribution >= 4 is 31.2 Å². The molecule has 0 spiro atoms. The van der Waals surface area contributed by atoms with Crippen molar-refractivity contribution in [2.24, 2.45) is 0 Å². The van der Waals surface area contributed by atoms with E-state index in [4.69, 9.17) is 0 Å². The predicted octanol–water partition coefficient (Wildman–Crippen LogP) is 2.95. The van der Waals surface area contributed by atoms with E-state index in [0.717, 1.165) is 16.2 Å². The number of rotatable bonds is 7. The highest BCUT2D eigenvalue weighted by molar-refractivity contribution is 7.92. The minimum atomic E-state index is -3.82. The van der Waals surface area contributed by atoms with Crippen molar-refractivity contribution in [1.82, 2.24) is 9.71 Å². The molecule has 0 aliphatic carbocycles. The fourth-order valence-electron chi connectivity index (χ4n) is 2.56. The zero-order valence-electron chi connectivity index (χ0n) is 14.4. The maximum atomic E-state index is 13.1. The summed E-state index contributed by atoms with van der Waals surface area (Å²) in [7, 11) is -7.62. The van der Waals surface area contributed by atoms with E-state index in [9.17, 15) is 16.8 Å². The molecular weight excluding hydrogens is 404 g/mol. The number of nitrogens with zero attached hydrogens (tertiary/aromatic N) is 1. The third kappa shape index (κ3) is 4.44. The highest BCUT2D eigenvalue weighted by atomic mass is 32.2. The van der Waals surface area contributed by atoms with Gasteiger partial charge in [-0.15, -0.1) is 11.3 Å². The Balaban J connectivity index is 1.95.